The normalized spacial score (nSPS) is 33.5. The lowest BCUT2D eigenvalue weighted by Crippen LogP contribution is -2.64. The Hall–Kier alpha value is -0.380. The van der Waals surface area contributed by atoms with Gasteiger partial charge in [0.15, 0.2) is 0 Å². The van der Waals surface area contributed by atoms with Gasteiger partial charge in [0, 0.05) is 50.8 Å². The van der Waals surface area contributed by atoms with Crippen LogP contribution >= 0.6 is 0 Å². The smallest absolute Gasteiger partial charge is 0.0225 e. The van der Waals surface area contributed by atoms with Gasteiger partial charge in [-0.15, -0.1) is 0 Å². The number of hydrogen-bond donors (Lipinski definition) is 1. The second-order valence-electron chi connectivity index (χ2n) is 7.34. The molecule has 3 saturated heterocycles. The standard InChI is InChI=1S/C17H31N3/c1-13(2)15-5-4-8-19(11-15)10-14(3)20-12-16-6-7-17(20)9-18-16/h5,13-14,16-18H,4,6-12H2,1-3H3/t14?,16-,17-/m0/s1. The zero-order chi connectivity index (χ0) is 14.1. The summed E-state index contributed by atoms with van der Waals surface area (Å²) in [7, 11) is 0. The quantitative estimate of drug-likeness (QED) is 0.794. The topological polar surface area (TPSA) is 18.5 Å². The molecule has 3 nitrogen and oxygen atoms in total. The number of piperidine rings is 2. The predicted octanol–water partition coefficient (Wildman–Crippen LogP) is 2.10. The van der Waals surface area contributed by atoms with Crippen molar-refractivity contribution in [2.45, 2.75) is 58.2 Å². The summed E-state index contributed by atoms with van der Waals surface area (Å²) in [6.45, 7) is 13.3. The molecule has 0 aromatic carbocycles. The molecule has 0 spiro atoms. The summed E-state index contributed by atoms with van der Waals surface area (Å²) in [4.78, 5) is 5.45. The second-order valence-corrected chi connectivity index (χ2v) is 7.34. The van der Waals surface area contributed by atoms with Crippen LogP contribution in [0.15, 0.2) is 11.6 Å². The first-order valence-electron chi connectivity index (χ1n) is 8.54. The number of rotatable bonds is 4. The number of nitrogens with one attached hydrogen (secondary N) is 1. The van der Waals surface area contributed by atoms with Crippen molar-refractivity contribution in [1.29, 1.82) is 0 Å². The van der Waals surface area contributed by atoms with E-state index in [1.165, 1.54) is 52.0 Å². The molecular formula is C17H31N3. The van der Waals surface area contributed by atoms with E-state index in [0.717, 1.165) is 12.1 Å². The van der Waals surface area contributed by atoms with E-state index in [9.17, 15) is 0 Å². The SMILES string of the molecule is CC(C)C1=CCCN(CC(C)N2C[C@@H]3CC[C@H]2CN3)C1. The highest BCUT2D eigenvalue weighted by Crippen LogP contribution is 2.25. The summed E-state index contributed by atoms with van der Waals surface area (Å²) < 4.78 is 0. The molecule has 4 heterocycles. The first kappa shape index (κ1) is 14.6. The predicted molar refractivity (Wildman–Crippen MR) is 85.0 cm³/mol. The van der Waals surface area contributed by atoms with E-state index in [0.29, 0.717) is 12.0 Å². The summed E-state index contributed by atoms with van der Waals surface area (Å²) in [5.41, 5.74) is 1.64. The molecule has 3 fully saturated rings. The Morgan fingerprint density at radius 2 is 2.15 bits per heavy atom. The molecule has 0 saturated carbocycles. The Bertz CT molecular complexity index is 355. The Morgan fingerprint density at radius 1 is 1.30 bits per heavy atom. The molecule has 0 amide bonds. The highest BCUT2D eigenvalue weighted by Gasteiger charge is 2.36. The average Bonchev–Trinajstić information content (AvgIpc) is 2.48. The molecule has 4 aliphatic heterocycles. The highest BCUT2D eigenvalue weighted by atomic mass is 15.3. The molecule has 0 aliphatic carbocycles. The molecule has 3 atom stereocenters. The van der Waals surface area contributed by atoms with Crippen LogP contribution in [0.2, 0.25) is 0 Å². The zero-order valence-electron chi connectivity index (χ0n) is 13.4. The molecule has 2 bridgehead atoms. The molecule has 0 aromatic rings. The number of hydrogen-bond acceptors (Lipinski definition) is 3. The zero-order valence-corrected chi connectivity index (χ0v) is 13.4. The fourth-order valence-corrected chi connectivity index (χ4v) is 4.17. The van der Waals surface area contributed by atoms with Crippen LogP contribution in [0.25, 0.3) is 0 Å². The Morgan fingerprint density at radius 3 is 2.75 bits per heavy atom. The lowest BCUT2D eigenvalue weighted by Gasteiger charge is -2.49. The minimum absolute atomic E-state index is 0.705. The van der Waals surface area contributed by atoms with Crippen LogP contribution in [0.3, 0.4) is 0 Å². The molecule has 1 unspecified atom stereocenters. The monoisotopic (exact) mass is 277 g/mol. The molecule has 4 aliphatic rings. The van der Waals surface area contributed by atoms with Crippen LogP contribution in [0.4, 0.5) is 0 Å². The van der Waals surface area contributed by atoms with Crippen LogP contribution in [-0.2, 0) is 0 Å². The molecule has 0 radical (unpaired) electrons. The molecule has 20 heavy (non-hydrogen) atoms. The molecular weight excluding hydrogens is 246 g/mol. The van der Waals surface area contributed by atoms with E-state index in [2.05, 4.69) is 42.0 Å². The van der Waals surface area contributed by atoms with Crippen molar-refractivity contribution >= 4 is 0 Å². The Kier molecular flexibility index (Phi) is 4.49. The Labute approximate surface area is 124 Å². The van der Waals surface area contributed by atoms with Crippen molar-refractivity contribution in [3.8, 4) is 0 Å². The van der Waals surface area contributed by atoms with Gasteiger partial charge in [0.25, 0.3) is 0 Å². The first-order valence-corrected chi connectivity index (χ1v) is 8.54. The van der Waals surface area contributed by atoms with Crippen molar-refractivity contribution in [3.05, 3.63) is 11.6 Å². The number of nitrogens with zero attached hydrogens (tertiary/aromatic N) is 2. The summed E-state index contributed by atoms with van der Waals surface area (Å²) in [6, 6.07) is 2.26. The highest BCUT2D eigenvalue weighted by molar-refractivity contribution is 5.10. The summed E-state index contributed by atoms with van der Waals surface area (Å²) in [6.07, 6.45) is 6.50. The average molecular weight is 277 g/mol. The van der Waals surface area contributed by atoms with E-state index in [-0.39, 0.29) is 0 Å². The van der Waals surface area contributed by atoms with Gasteiger partial charge in [-0.1, -0.05) is 25.5 Å². The first-order chi connectivity index (χ1) is 9.63. The maximum Gasteiger partial charge on any atom is 0.0225 e. The maximum atomic E-state index is 3.66. The number of piperazine rings is 1. The second kappa shape index (κ2) is 6.17. The van der Waals surface area contributed by atoms with Gasteiger partial charge in [-0.2, -0.15) is 0 Å². The molecule has 114 valence electrons. The van der Waals surface area contributed by atoms with Gasteiger partial charge in [0.1, 0.15) is 0 Å². The molecule has 1 N–H and O–H groups in total. The van der Waals surface area contributed by atoms with E-state index in [1.807, 2.05) is 0 Å². The number of fused-ring (bicyclic) bond motifs is 3. The molecule has 3 heteroatoms. The van der Waals surface area contributed by atoms with Gasteiger partial charge < -0.3 is 5.32 Å². The molecule has 0 aromatic heterocycles. The van der Waals surface area contributed by atoms with Gasteiger partial charge in [0.2, 0.25) is 0 Å². The fourth-order valence-electron chi connectivity index (χ4n) is 4.17. The van der Waals surface area contributed by atoms with Crippen molar-refractivity contribution < 1.29 is 0 Å². The van der Waals surface area contributed by atoms with E-state index in [4.69, 9.17) is 0 Å². The van der Waals surface area contributed by atoms with E-state index < -0.39 is 0 Å². The van der Waals surface area contributed by atoms with Crippen LogP contribution < -0.4 is 5.32 Å². The third-order valence-electron chi connectivity index (χ3n) is 5.48. The van der Waals surface area contributed by atoms with Crippen molar-refractivity contribution in [2.75, 3.05) is 32.7 Å². The maximum absolute atomic E-state index is 3.66. The third kappa shape index (κ3) is 3.10. The van der Waals surface area contributed by atoms with Crippen LogP contribution in [0.1, 0.15) is 40.0 Å². The van der Waals surface area contributed by atoms with Crippen LogP contribution in [0.5, 0.6) is 0 Å². The largest absolute Gasteiger partial charge is 0.311 e. The summed E-state index contributed by atoms with van der Waals surface area (Å²) in [5.74, 6) is 0.711. The lowest BCUT2D eigenvalue weighted by molar-refractivity contribution is 0.0288. The van der Waals surface area contributed by atoms with Gasteiger partial charge in [-0.05, 0) is 32.1 Å². The van der Waals surface area contributed by atoms with Crippen molar-refractivity contribution in [2.24, 2.45) is 5.92 Å². The van der Waals surface area contributed by atoms with Crippen molar-refractivity contribution in [1.82, 2.24) is 15.1 Å². The van der Waals surface area contributed by atoms with E-state index in [1.54, 1.807) is 5.57 Å². The third-order valence-corrected chi connectivity index (χ3v) is 5.48. The van der Waals surface area contributed by atoms with Gasteiger partial charge in [-0.25, -0.2) is 0 Å². The van der Waals surface area contributed by atoms with Gasteiger partial charge >= 0.3 is 0 Å². The van der Waals surface area contributed by atoms with Gasteiger partial charge in [-0.3, -0.25) is 9.80 Å². The lowest BCUT2D eigenvalue weighted by atomic mass is 9.91. The van der Waals surface area contributed by atoms with Crippen LogP contribution in [0, 0.1) is 5.92 Å². The minimum atomic E-state index is 0.705. The fraction of sp³-hybridized carbons (Fsp3) is 0.882. The minimum Gasteiger partial charge on any atom is -0.311 e. The summed E-state index contributed by atoms with van der Waals surface area (Å²) >= 11 is 0. The Balaban J connectivity index is 1.54. The summed E-state index contributed by atoms with van der Waals surface area (Å²) in [5, 5.41) is 3.66. The van der Waals surface area contributed by atoms with E-state index >= 15 is 0 Å². The molecule has 4 rings (SSSR count). The van der Waals surface area contributed by atoms with Gasteiger partial charge in [0.05, 0.1) is 0 Å². The van der Waals surface area contributed by atoms with Crippen molar-refractivity contribution in [3.63, 3.8) is 0 Å². The van der Waals surface area contributed by atoms with Crippen LogP contribution in [-0.4, -0.2) is 60.6 Å².